The smallest absolute Gasteiger partial charge is 0.253 e. The Morgan fingerprint density at radius 2 is 1.73 bits per heavy atom. The molecule has 1 aliphatic heterocycles. The maximum atomic E-state index is 12.7. The van der Waals surface area contributed by atoms with Crippen molar-refractivity contribution in [1.82, 2.24) is 20.1 Å². The Morgan fingerprint density at radius 1 is 1.03 bits per heavy atom. The number of carbonyl (C=O) groups is 1. The highest BCUT2D eigenvalue weighted by atomic mass is 16.2. The lowest BCUT2D eigenvalue weighted by Crippen LogP contribution is -2.45. The molecule has 1 unspecified atom stereocenters. The number of aromatic nitrogens is 1. The summed E-state index contributed by atoms with van der Waals surface area (Å²) in [6.45, 7) is 9.47. The van der Waals surface area contributed by atoms with Gasteiger partial charge in [0.2, 0.25) is 0 Å². The number of fused-ring (bicyclic) bond motifs is 1. The van der Waals surface area contributed by atoms with Crippen LogP contribution >= 0.6 is 0 Å². The monoisotopic (exact) mass is 402 g/mol. The van der Waals surface area contributed by atoms with E-state index in [0.29, 0.717) is 0 Å². The average molecular weight is 403 g/mol. The second-order valence-corrected chi connectivity index (χ2v) is 7.74. The lowest BCUT2D eigenvalue weighted by molar-refractivity contribution is 0.0773. The van der Waals surface area contributed by atoms with E-state index in [2.05, 4.69) is 51.6 Å². The molecule has 2 heterocycles. The molecule has 5 heteroatoms. The Labute approximate surface area is 178 Å². The van der Waals surface area contributed by atoms with Gasteiger partial charge in [0.15, 0.2) is 0 Å². The Balaban J connectivity index is 1.69. The fourth-order valence-electron chi connectivity index (χ4n) is 4.32. The van der Waals surface area contributed by atoms with E-state index in [-0.39, 0.29) is 11.9 Å². The lowest BCUT2D eigenvalue weighted by Gasteiger charge is -2.35. The van der Waals surface area contributed by atoms with Gasteiger partial charge < -0.3 is 10.2 Å². The molecule has 3 aromatic rings. The van der Waals surface area contributed by atoms with Gasteiger partial charge in [0.25, 0.3) is 5.91 Å². The van der Waals surface area contributed by atoms with Gasteiger partial charge in [-0.05, 0) is 55.3 Å². The summed E-state index contributed by atoms with van der Waals surface area (Å²) >= 11 is 0. The summed E-state index contributed by atoms with van der Waals surface area (Å²) in [4.78, 5) is 21.6. The number of piperazine rings is 1. The number of hydrogen-bond acceptors (Lipinski definition) is 4. The molecule has 1 saturated heterocycles. The third-order valence-electron chi connectivity index (χ3n) is 5.98. The summed E-state index contributed by atoms with van der Waals surface area (Å²) in [6.07, 6.45) is 1.83. The highest BCUT2D eigenvalue weighted by Crippen LogP contribution is 2.31. The van der Waals surface area contributed by atoms with Crippen molar-refractivity contribution in [2.75, 3.05) is 39.3 Å². The van der Waals surface area contributed by atoms with Crippen LogP contribution in [0.1, 0.15) is 41.4 Å². The molecule has 0 bridgehead atoms. The number of carbonyl (C=O) groups excluding carboxylic acids is 1. The third kappa shape index (κ3) is 4.23. The Hall–Kier alpha value is -2.76. The minimum Gasteiger partial charge on any atom is -0.339 e. The number of rotatable bonds is 6. The normalized spacial score (nSPS) is 15.8. The minimum atomic E-state index is 0.0991. The van der Waals surface area contributed by atoms with E-state index < -0.39 is 0 Å². The van der Waals surface area contributed by atoms with Gasteiger partial charge >= 0.3 is 0 Å². The van der Waals surface area contributed by atoms with Crippen LogP contribution in [0.5, 0.6) is 0 Å². The van der Waals surface area contributed by atoms with Crippen molar-refractivity contribution >= 4 is 16.8 Å². The van der Waals surface area contributed by atoms with Crippen LogP contribution in [0.15, 0.2) is 60.8 Å². The number of benzene rings is 2. The molecule has 1 amide bonds. The molecule has 1 aliphatic rings. The van der Waals surface area contributed by atoms with E-state index in [0.717, 1.165) is 55.7 Å². The minimum absolute atomic E-state index is 0.0991. The molecule has 156 valence electrons. The number of amides is 1. The van der Waals surface area contributed by atoms with E-state index in [1.54, 1.807) is 0 Å². The van der Waals surface area contributed by atoms with Crippen LogP contribution in [0.4, 0.5) is 0 Å². The zero-order valence-corrected chi connectivity index (χ0v) is 17.8. The first-order valence-corrected chi connectivity index (χ1v) is 10.9. The van der Waals surface area contributed by atoms with Crippen molar-refractivity contribution < 1.29 is 4.79 Å². The maximum Gasteiger partial charge on any atom is 0.253 e. The van der Waals surface area contributed by atoms with Gasteiger partial charge in [0.05, 0.1) is 11.6 Å². The van der Waals surface area contributed by atoms with Crippen LogP contribution in [0.2, 0.25) is 0 Å². The molecule has 0 radical (unpaired) electrons. The van der Waals surface area contributed by atoms with Gasteiger partial charge in [-0.1, -0.05) is 24.3 Å². The number of nitrogens with one attached hydrogen (secondary N) is 1. The Bertz CT molecular complexity index is 991. The van der Waals surface area contributed by atoms with Crippen LogP contribution in [-0.4, -0.2) is 60.0 Å². The number of hydrogen-bond donors (Lipinski definition) is 1. The third-order valence-corrected chi connectivity index (χ3v) is 5.98. The van der Waals surface area contributed by atoms with Crippen molar-refractivity contribution in [2.45, 2.75) is 19.9 Å². The summed E-state index contributed by atoms with van der Waals surface area (Å²) < 4.78 is 0. The Morgan fingerprint density at radius 3 is 2.43 bits per heavy atom. The van der Waals surface area contributed by atoms with Crippen LogP contribution in [-0.2, 0) is 0 Å². The van der Waals surface area contributed by atoms with E-state index in [1.165, 1.54) is 11.1 Å². The zero-order chi connectivity index (χ0) is 20.9. The molecule has 30 heavy (non-hydrogen) atoms. The molecule has 2 aromatic carbocycles. The zero-order valence-electron chi connectivity index (χ0n) is 17.8. The van der Waals surface area contributed by atoms with Crippen LogP contribution in [0, 0.1) is 0 Å². The standard InChI is InChI=1S/C25H30N4O/c1-3-28(4-2)25(30)20-9-7-19(8-10-20)24(29-16-14-26-15-17-29)22-11-12-23-21(18-22)6-5-13-27-23/h5-13,18,24,26H,3-4,14-17H2,1-2H3. The van der Waals surface area contributed by atoms with Crippen molar-refractivity contribution in [3.8, 4) is 0 Å². The quantitative estimate of drug-likeness (QED) is 0.683. The highest BCUT2D eigenvalue weighted by Gasteiger charge is 2.24. The summed E-state index contributed by atoms with van der Waals surface area (Å²) in [5.41, 5.74) is 4.25. The molecule has 1 atom stereocenters. The van der Waals surface area contributed by atoms with E-state index in [1.807, 2.05) is 43.1 Å². The van der Waals surface area contributed by atoms with Gasteiger partial charge in [0, 0.05) is 56.4 Å². The van der Waals surface area contributed by atoms with Crippen molar-refractivity contribution in [2.24, 2.45) is 0 Å². The van der Waals surface area contributed by atoms with Crippen molar-refractivity contribution in [1.29, 1.82) is 0 Å². The van der Waals surface area contributed by atoms with Crippen LogP contribution < -0.4 is 5.32 Å². The summed E-state index contributed by atoms with van der Waals surface area (Å²) in [5.74, 6) is 0.0991. The molecule has 0 aliphatic carbocycles. The fraction of sp³-hybridized carbons (Fsp3) is 0.360. The lowest BCUT2D eigenvalue weighted by atomic mass is 9.94. The van der Waals surface area contributed by atoms with Crippen LogP contribution in [0.3, 0.4) is 0 Å². The average Bonchev–Trinajstić information content (AvgIpc) is 2.81. The van der Waals surface area contributed by atoms with Crippen molar-refractivity contribution in [3.63, 3.8) is 0 Å². The largest absolute Gasteiger partial charge is 0.339 e. The van der Waals surface area contributed by atoms with E-state index >= 15 is 0 Å². The first-order valence-electron chi connectivity index (χ1n) is 10.9. The summed E-state index contributed by atoms with van der Waals surface area (Å²) in [7, 11) is 0. The van der Waals surface area contributed by atoms with Gasteiger partial charge in [-0.2, -0.15) is 0 Å². The highest BCUT2D eigenvalue weighted by molar-refractivity contribution is 5.94. The van der Waals surface area contributed by atoms with E-state index in [4.69, 9.17) is 0 Å². The molecule has 1 fully saturated rings. The molecule has 0 spiro atoms. The topological polar surface area (TPSA) is 48.5 Å². The van der Waals surface area contributed by atoms with Gasteiger partial charge in [-0.25, -0.2) is 0 Å². The molecule has 5 nitrogen and oxygen atoms in total. The van der Waals surface area contributed by atoms with Crippen molar-refractivity contribution in [3.05, 3.63) is 77.5 Å². The molecular formula is C25H30N4O. The predicted molar refractivity (Wildman–Crippen MR) is 122 cm³/mol. The number of nitrogens with zero attached hydrogens (tertiary/aromatic N) is 3. The second-order valence-electron chi connectivity index (χ2n) is 7.74. The maximum absolute atomic E-state index is 12.7. The fourth-order valence-corrected chi connectivity index (χ4v) is 4.32. The van der Waals surface area contributed by atoms with Gasteiger partial charge in [0.1, 0.15) is 0 Å². The predicted octanol–water partition coefficient (Wildman–Crippen LogP) is 3.71. The molecule has 1 aromatic heterocycles. The molecule has 0 saturated carbocycles. The van der Waals surface area contributed by atoms with Crippen LogP contribution in [0.25, 0.3) is 10.9 Å². The van der Waals surface area contributed by atoms with E-state index in [9.17, 15) is 4.79 Å². The number of pyridine rings is 1. The molecule has 1 N–H and O–H groups in total. The summed E-state index contributed by atoms with van der Waals surface area (Å²) in [5, 5.41) is 4.61. The Kier molecular flexibility index (Phi) is 6.41. The first-order chi connectivity index (χ1) is 14.7. The SMILES string of the molecule is CCN(CC)C(=O)c1ccc(C(c2ccc3ncccc3c2)N2CCNCC2)cc1. The molecule has 4 rings (SSSR count). The van der Waals surface area contributed by atoms with Gasteiger partial charge in [-0.15, -0.1) is 0 Å². The first kappa shape index (κ1) is 20.5. The molecular weight excluding hydrogens is 372 g/mol. The van der Waals surface area contributed by atoms with Gasteiger partial charge in [-0.3, -0.25) is 14.7 Å². The summed E-state index contributed by atoms with van der Waals surface area (Å²) in [6, 6.07) is 19.0. The second kappa shape index (κ2) is 9.37.